The summed E-state index contributed by atoms with van der Waals surface area (Å²) in [5.74, 6) is 1.78. The van der Waals surface area contributed by atoms with Crippen molar-refractivity contribution in [3.8, 4) is 5.75 Å². The molecule has 168 valence electrons. The Kier molecular flexibility index (Phi) is 9.73. The maximum absolute atomic E-state index is 5.95. The van der Waals surface area contributed by atoms with Crippen molar-refractivity contribution in [3.05, 3.63) is 29.8 Å². The van der Waals surface area contributed by atoms with Crippen molar-refractivity contribution in [3.63, 3.8) is 0 Å². The Bertz CT molecular complexity index is 643. The largest absolute Gasteiger partial charge is 0.496 e. The second-order valence-corrected chi connectivity index (χ2v) is 7.92. The van der Waals surface area contributed by atoms with Gasteiger partial charge in [-0.3, -0.25) is 9.89 Å². The Labute approximate surface area is 181 Å². The smallest absolute Gasteiger partial charge is 0.191 e. The molecule has 3 rings (SSSR count). The van der Waals surface area contributed by atoms with E-state index in [2.05, 4.69) is 32.7 Å². The molecule has 1 atom stereocenters. The summed E-state index contributed by atoms with van der Waals surface area (Å²) >= 11 is 0. The summed E-state index contributed by atoms with van der Waals surface area (Å²) in [6.07, 6.45) is 5.85. The third kappa shape index (κ3) is 6.86. The molecule has 7 heteroatoms. The van der Waals surface area contributed by atoms with Gasteiger partial charge in [-0.1, -0.05) is 18.2 Å². The van der Waals surface area contributed by atoms with Crippen LogP contribution >= 0.6 is 0 Å². The molecular formula is C23H38N4O3. The lowest BCUT2D eigenvalue weighted by atomic mass is 10.0. The Morgan fingerprint density at radius 1 is 1.20 bits per heavy atom. The van der Waals surface area contributed by atoms with Crippen molar-refractivity contribution in [2.75, 3.05) is 60.2 Å². The molecule has 2 aliphatic heterocycles. The van der Waals surface area contributed by atoms with E-state index in [0.717, 1.165) is 77.0 Å². The van der Waals surface area contributed by atoms with Crippen LogP contribution in [0.4, 0.5) is 0 Å². The number of ether oxygens (including phenoxy) is 3. The highest BCUT2D eigenvalue weighted by atomic mass is 16.5. The van der Waals surface area contributed by atoms with Gasteiger partial charge < -0.3 is 24.8 Å². The zero-order valence-electron chi connectivity index (χ0n) is 18.6. The number of para-hydroxylation sites is 1. The molecule has 30 heavy (non-hydrogen) atoms. The van der Waals surface area contributed by atoms with Crippen LogP contribution in [-0.4, -0.2) is 77.1 Å². The molecule has 1 aromatic rings. The average Bonchev–Trinajstić information content (AvgIpc) is 3.33. The molecule has 2 aliphatic rings. The molecule has 2 saturated heterocycles. The highest BCUT2D eigenvalue weighted by molar-refractivity contribution is 5.79. The molecule has 1 unspecified atom stereocenters. The molecule has 1 aromatic carbocycles. The topological polar surface area (TPSA) is 67.4 Å². The molecule has 0 bridgehead atoms. The zero-order chi connectivity index (χ0) is 21.0. The molecule has 0 saturated carbocycles. The van der Waals surface area contributed by atoms with Crippen LogP contribution in [0, 0.1) is 0 Å². The standard InChI is InChI=1S/C23H38N4O3/c1-24-23(25-12-7-15-30-19-10-16-29-17-11-19)26-18-21(27-13-5-6-14-27)20-8-3-4-9-22(20)28-2/h3-4,8-9,19,21H,5-7,10-18H2,1-2H3,(H2,24,25,26). The van der Waals surface area contributed by atoms with Gasteiger partial charge in [0.2, 0.25) is 0 Å². The molecule has 2 heterocycles. The summed E-state index contributed by atoms with van der Waals surface area (Å²) in [6, 6.07) is 8.60. The van der Waals surface area contributed by atoms with E-state index in [1.54, 1.807) is 7.11 Å². The molecule has 2 fully saturated rings. The number of nitrogens with one attached hydrogen (secondary N) is 2. The molecule has 0 aromatic heterocycles. The second-order valence-electron chi connectivity index (χ2n) is 7.92. The minimum Gasteiger partial charge on any atom is -0.496 e. The van der Waals surface area contributed by atoms with Crippen molar-refractivity contribution in [2.24, 2.45) is 4.99 Å². The first-order chi connectivity index (χ1) is 14.8. The summed E-state index contributed by atoms with van der Waals surface area (Å²) in [5, 5.41) is 6.94. The van der Waals surface area contributed by atoms with Crippen LogP contribution in [-0.2, 0) is 9.47 Å². The predicted molar refractivity (Wildman–Crippen MR) is 120 cm³/mol. The third-order valence-electron chi connectivity index (χ3n) is 5.90. The second kappa shape index (κ2) is 12.8. The van der Waals surface area contributed by atoms with Crippen LogP contribution in [0.1, 0.15) is 43.7 Å². The molecule has 0 spiro atoms. The molecule has 2 N–H and O–H groups in total. The lowest BCUT2D eigenvalue weighted by Crippen LogP contribution is -2.43. The molecule has 7 nitrogen and oxygen atoms in total. The summed E-state index contributed by atoms with van der Waals surface area (Å²) in [4.78, 5) is 6.94. The average molecular weight is 419 g/mol. The van der Waals surface area contributed by atoms with E-state index in [0.29, 0.717) is 6.10 Å². The lowest BCUT2D eigenvalue weighted by Gasteiger charge is -2.30. The van der Waals surface area contributed by atoms with E-state index in [1.165, 1.54) is 18.4 Å². The highest BCUT2D eigenvalue weighted by Crippen LogP contribution is 2.31. The number of benzene rings is 1. The monoisotopic (exact) mass is 418 g/mol. The Morgan fingerprint density at radius 3 is 2.70 bits per heavy atom. The van der Waals surface area contributed by atoms with Gasteiger partial charge in [0.1, 0.15) is 5.75 Å². The molecule has 0 amide bonds. The molecule has 0 radical (unpaired) electrons. The fourth-order valence-electron chi connectivity index (χ4n) is 4.22. The van der Waals surface area contributed by atoms with Gasteiger partial charge in [-0.2, -0.15) is 0 Å². The van der Waals surface area contributed by atoms with Gasteiger partial charge in [0.15, 0.2) is 5.96 Å². The van der Waals surface area contributed by atoms with Gasteiger partial charge in [0.25, 0.3) is 0 Å². The number of aliphatic imine (C=N–C) groups is 1. The fourth-order valence-corrected chi connectivity index (χ4v) is 4.22. The van der Waals surface area contributed by atoms with E-state index in [-0.39, 0.29) is 6.04 Å². The van der Waals surface area contributed by atoms with Crippen LogP contribution in [0.2, 0.25) is 0 Å². The van der Waals surface area contributed by atoms with E-state index in [9.17, 15) is 0 Å². The van der Waals surface area contributed by atoms with Gasteiger partial charge in [-0.05, 0) is 51.3 Å². The van der Waals surface area contributed by atoms with Gasteiger partial charge in [0.05, 0.1) is 19.3 Å². The summed E-state index contributed by atoms with van der Waals surface area (Å²) in [5.41, 5.74) is 1.23. The third-order valence-corrected chi connectivity index (χ3v) is 5.90. The van der Waals surface area contributed by atoms with Crippen molar-refractivity contribution >= 4 is 5.96 Å². The number of likely N-dealkylation sites (tertiary alicyclic amines) is 1. The number of rotatable bonds is 10. The van der Waals surface area contributed by atoms with Crippen LogP contribution in [0.15, 0.2) is 29.3 Å². The van der Waals surface area contributed by atoms with Crippen LogP contribution < -0.4 is 15.4 Å². The van der Waals surface area contributed by atoms with E-state index in [1.807, 2.05) is 19.2 Å². The van der Waals surface area contributed by atoms with Crippen molar-refractivity contribution in [1.29, 1.82) is 0 Å². The minimum absolute atomic E-state index is 0.263. The number of methoxy groups -OCH3 is 1. The Balaban J connectivity index is 1.46. The van der Waals surface area contributed by atoms with Crippen LogP contribution in [0.5, 0.6) is 5.75 Å². The number of hydrogen-bond donors (Lipinski definition) is 2. The van der Waals surface area contributed by atoms with Crippen LogP contribution in [0.25, 0.3) is 0 Å². The summed E-state index contributed by atoms with van der Waals surface area (Å²) < 4.78 is 17.0. The van der Waals surface area contributed by atoms with Crippen LogP contribution in [0.3, 0.4) is 0 Å². The number of hydrogen-bond acceptors (Lipinski definition) is 5. The SMILES string of the molecule is CN=C(NCCCOC1CCOCC1)NCC(c1ccccc1OC)N1CCCC1. The van der Waals surface area contributed by atoms with E-state index in [4.69, 9.17) is 14.2 Å². The number of guanidine groups is 1. The van der Waals surface area contributed by atoms with E-state index < -0.39 is 0 Å². The molecule has 0 aliphatic carbocycles. The predicted octanol–water partition coefficient (Wildman–Crippen LogP) is 2.58. The summed E-state index contributed by atoms with van der Waals surface area (Å²) in [7, 11) is 3.57. The van der Waals surface area contributed by atoms with Gasteiger partial charge in [-0.15, -0.1) is 0 Å². The Hall–Kier alpha value is -1.83. The zero-order valence-corrected chi connectivity index (χ0v) is 18.6. The maximum atomic E-state index is 5.95. The molecular weight excluding hydrogens is 380 g/mol. The van der Waals surface area contributed by atoms with Crippen molar-refractivity contribution in [1.82, 2.24) is 15.5 Å². The van der Waals surface area contributed by atoms with Crippen molar-refractivity contribution in [2.45, 2.75) is 44.2 Å². The minimum atomic E-state index is 0.263. The summed E-state index contributed by atoms with van der Waals surface area (Å²) in [6.45, 7) is 6.30. The quantitative estimate of drug-likeness (QED) is 0.346. The first kappa shape index (κ1) is 22.8. The van der Waals surface area contributed by atoms with E-state index >= 15 is 0 Å². The van der Waals surface area contributed by atoms with Gasteiger partial charge >= 0.3 is 0 Å². The normalized spacial score (nSPS) is 19.6. The van der Waals surface area contributed by atoms with Crippen molar-refractivity contribution < 1.29 is 14.2 Å². The lowest BCUT2D eigenvalue weighted by molar-refractivity contribution is -0.0320. The Morgan fingerprint density at radius 2 is 1.97 bits per heavy atom. The van der Waals surface area contributed by atoms with Gasteiger partial charge in [-0.25, -0.2) is 0 Å². The first-order valence-corrected chi connectivity index (χ1v) is 11.3. The maximum Gasteiger partial charge on any atom is 0.191 e. The van der Waals surface area contributed by atoms with Gasteiger partial charge in [0, 0.05) is 45.5 Å². The first-order valence-electron chi connectivity index (χ1n) is 11.3. The fraction of sp³-hybridized carbons (Fsp3) is 0.696. The number of nitrogens with zero attached hydrogens (tertiary/aromatic N) is 2. The highest BCUT2D eigenvalue weighted by Gasteiger charge is 2.26.